The van der Waals surface area contributed by atoms with E-state index in [-0.39, 0.29) is 0 Å². The average Bonchev–Trinajstić information content (AvgIpc) is 2.36. The van der Waals surface area contributed by atoms with Crippen LogP contribution in [0.5, 0.6) is 0 Å². The van der Waals surface area contributed by atoms with Crippen molar-refractivity contribution in [3.63, 3.8) is 0 Å². The first-order chi connectivity index (χ1) is 9.20. The largest absolute Gasteiger partial charge is 0.382 e. The van der Waals surface area contributed by atoms with Crippen molar-refractivity contribution in [2.24, 2.45) is 5.92 Å². The Hall–Kier alpha value is -0.160. The molecule has 1 unspecified atom stereocenters. The first-order valence-electron chi connectivity index (χ1n) is 7.58. The lowest BCUT2D eigenvalue weighted by Crippen LogP contribution is -2.30. The van der Waals surface area contributed by atoms with Gasteiger partial charge in [0.25, 0.3) is 0 Å². The molecular weight excluding hydrogens is 242 g/mol. The van der Waals surface area contributed by atoms with Gasteiger partial charge in [-0.15, -0.1) is 0 Å². The van der Waals surface area contributed by atoms with Gasteiger partial charge < -0.3 is 19.5 Å². The molecule has 1 N–H and O–H groups in total. The summed E-state index contributed by atoms with van der Waals surface area (Å²) in [5.41, 5.74) is 0. The maximum Gasteiger partial charge on any atom is 0.0701 e. The molecule has 0 saturated heterocycles. The van der Waals surface area contributed by atoms with Gasteiger partial charge in [0.1, 0.15) is 0 Å². The van der Waals surface area contributed by atoms with E-state index in [1.165, 1.54) is 12.8 Å². The van der Waals surface area contributed by atoms with Gasteiger partial charge in [-0.1, -0.05) is 20.8 Å². The zero-order valence-corrected chi connectivity index (χ0v) is 13.2. The summed E-state index contributed by atoms with van der Waals surface area (Å²) < 4.78 is 15.8. The number of hydrogen-bond donors (Lipinski definition) is 1. The Morgan fingerprint density at radius 3 is 2.16 bits per heavy atom. The van der Waals surface area contributed by atoms with Crippen LogP contribution < -0.4 is 5.32 Å². The summed E-state index contributed by atoms with van der Waals surface area (Å²) in [6.07, 6.45) is 3.55. The second kappa shape index (κ2) is 14.3. The first-order valence-corrected chi connectivity index (χ1v) is 7.58. The number of ether oxygens (including phenoxy) is 3. The number of rotatable bonds is 14. The Balaban J connectivity index is 3.34. The molecular formula is C15H33NO3. The van der Waals surface area contributed by atoms with Crippen LogP contribution in [-0.4, -0.2) is 52.7 Å². The first kappa shape index (κ1) is 18.8. The molecule has 0 aliphatic heterocycles. The lowest BCUT2D eigenvalue weighted by Gasteiger charge is -2.19. The zero-order chi connectivity index (χ0) is 14.3. The zero-order valence-electron chi connectivity index (χ0n) is 13.2. The van der Waals surface area contributed by atoms with Crippen LogP contribution in [0.25, 0.3) is 0 Å². The smallest absolute Gasteiger partial charge is 0.0701 e. The number of hydrogen-bond acceptors (Lipinski definition) is 4. The molecule has 0 bridgehead atoms. The molecule has 116 valence electrons. The average molecular weight is 275 g/mol. The van der Waals surface area contributed by atoms with Gasteiger partial charge in [0.15, 0.2) is 0 Å². The van der Waals surface area contributed by atoms with E-state index < -0.39 is 0 Å². The van der Waals surface area contributed by atoms with Gasteiger partial charge in [0, 0.05) is 19.8 Å². The molecule has 19 heavy (non-hydrogen) atoms. The molecule has 0 heterocycles. The summed E-state index contributed by atoms with van der Waals surface area (Å²) in [5.74, 6) is 0.749. The lowest BCUT2D eigenvalue weighted by molar-refractivity contribution is 0.0236. The highest BCUT2D eigenvalue weighted by Gasteiger charge is 2.08. The van der Waals surface area contributed by atoms with Crippen LogP contribution in [0.2, 0.25) is 0 Å². The summed E-state index contributed by atoms with van der Waals surface area (Å²) in [4.78, 5) is 0. The molecule has 0 aromatic carbocycles. The van der Waals surface area contributed by atoms with Gasteiger partial charge >= 0.3 is 0 Å². The van der Waals surface area contributed by atoms with Crippen LogP contribution in [0, 0.1) is 5.92 Å². The monoisotopic (exact) mass is 275 g/mol. The predicted octanol–water partition coefficient (Wildman–Crippen LogP) is 2.47. The maximum absolute atomic E-state index is 5.55. The fourth-order valence-electron chi connectivity index (χ4n) is 2.06. The highest BCUT2D eigenvalue weighted by Crippen LogP contribution is 2.09. The van der Waals surface area contributed by atoms with Gasteiger partial charge in [0.2, 0.25) is 0 Å². The molecule has 0 aromatic heterocycles. The van der Waals surface area contributed by atoms with E-state index in [9.17, 15) is 0 Å². The lowest BCUT2D eigenvalue weighted by atomic mass is 10.00. The SMILES string of the molecule is CCNC(CCCOCCOCCOC)CC(C)C. The van der Waals surface area contributed by atoms with Crippen molar-refractivity contribution in [2.45, 2.75) is 46.1 Å². The van der Waals surface area contributed by atoms with E-state index in [2.05, 4.69) is 26.1 Å². The number of methoxy groups -OCH3 is 1. The Morgan fingerprint density at radius 1 is 0.947 bits per heavy atom. The topological polar surface area (TPSA) is 39.7 Å². The molecule has 0 rings (SSSR count). The van der Waals surface area contributed by atoms with Crippen LogP contribution >= 0.6 is 0 Å². The van der Waals surface area contributed by atoms with Crippen LogP contribution in [0.3, 0.4) is 0 Å². The van der Waals surface area contributed by atoms with Crippen LogP contribution in [-0.2, 0) is 14.2 Å². The molecule has 0 saturated carbocycles. The standard InChI is InChI=1S/C15H33NO3/c1-5-16-15(13-14(2)3)7-6-8-18-11-12-19-10-9-17-4/h14-16H,5-13H2,1-4H3. The quantitative estimate of drug-likeness (QED) is 0.494. The van der Waals surface area contributed by atoms with E-state index in [0.717, 1.165) is 25.5 Å². The minimum absolute atomic E-state index is 0.631. The third-order valence-corrected chi connectivity index (χ3v) is 2.89. The van der Waals surface area contributed by atoms with Crippen molar-refractivity contribution in [2.75, 3.05) is 46.7 Å². The van der Waals surface area contributed by atoms with E-state index in [4.69, 9.17) is 14.2 Å². The maximum atomic E-state index is 5.55. The fourth-order valence-corrected chi connectivity index (χ4v) is 2.06. The molecule has 0 aliphatic carbocycles. The van der Waals surface area contributed by atoms with E-state index >= 15 is 0 Å². The van der Waals surface area contributed by atoms with E-state index in [0.29, 0.717) is 32.5 Å². The van der Waals surface area contributed by atoms with Crippen molar-refractivity contribution < 1.29 is 14.2 Å². The predicted molar refractivity (Wildman–Crippen MR) is 79.7 cm³/mol. The summed E-state index contributed by atoms with van der Waals surface area (Å²) in [7, 11) is 1.68. The third-order valence-electron chi connectivity index (χ3n) is 2.89. The molecule has 0 spiro atoms. The van der Waals surface area contributed by atoms with Gasteiger partial charge in [-0.25, -0.2) is 0 Å². The molecule has 0 aromatic rings. The van der Waals surface area contributed by atoms with Crippen molar-refractivity contribution >= 4 is 0 Å². The molecule has 4 heteroatoms. The van der Waals surface area contributed by atoms with E-state index in [1.807, 2.05) is 0 Å². The second-order valence-corrected chi connectivity index (χ2v) is 5.24. The van der Waals surface area contributed by atoms with Crippen molar-refractivity contribution in [1.29, 1.82) is 0 Å². The molecule has 0 aliphatic rings. The second-order valence-electron chi connectivity index (χ2n) is 5.24. The Labute approximate surface area is 119 Å². The Morgan fingerprint density at radius 2 is 1.58 bits per heavy atom. The van der Waals surface area contributed by atoms with Gasteiger partial charge in [-0.3, -0.25) is 0 Å². The Kier molecular flexibility index (Phi) is 14.1. The normalized spacial score (nSPS) is 13.1. The highest BCUT2D eigenvalue weighted by molar-refractivity contribution is 4.67. The van der Waals surface area contributed by atoms with Crippen LogP contribution in [0.4, 0.5) is 0 Å². The number of nitrogens with one attached hydrogen (secondary N) is 1. The third kappa shape index (κ3) is 14.1. The fraction of sp³-hybridized carbons (Fsp3) is 1.00. The molecule has 0 fully saturated rings. The summed E-state index contributed by atoms with van der Waals surface area (Å²) in [6, 6.07) is 0.631. The van der Waals surface area contributed by atoms with Gasteiger partial charge in [0.05, 0.1) is 26.4 Å². The molecule has 0 amide bonds. The summed E-state index contributed by atoms with van der Waals surface area (Å²) in [6.45, 7) is 11.2. The van der Waals surface area contributed by atoms with Crippen molar-refractivity contribution in [1.82, 2.24) is 5.32 Å². The minimum Gasteiger partial charge on any atom is -0.382 e. The van der Waals surface area contributed by atoms with E-state index in [1.54, 1.807) is 7.11 Å². The minimum atomic E-state index is 0.631. The van der Waals surface area contributed by atoms with Crippen molar-refractivity contribution in [3.05, 3.63) is 0 Å². The van der Waals surface area contributed by atoms with Crippen LogP contribution in [0.1, 0.15) is 40.0 Å². The summed E-state index contributed by atoms with van der Waals surface area (Å²) in [5, 5.41) is 3.55. The molecule has 1 atom stereocenters. The summed E-state index contributed by atoms with van der Waals surface area (Å²) >= 11 is 0. The van der Waals surface area contributed by atoms with Gasteiger partial charge in [-0.05, 0) is 31.7 Å². The highest BCUT2D eigenvalue weighted by atomic mass is 16.5. The van der Waals surface area contributed by atoms with Gasteiger partial charge in [-0.2, -0.15) is 0 Å². The molecule has 0 radical (unpaired) electrons. The Bertz CT molecular complexity index is 177. The van der Waals surface area contributed by atoms with Crippen molar-refractivity contribution in [3.8, 4) is 0 Å². The van der Waals surface area contributed by atoms with Crippen LogP contribution in [0.15, 0.2) is 0 Å². The molecule has 4 nitrogen and oxygen atoms in total.